The molecule has 25 heavy (non-hydrogen) atoms. The van der Waals surface area contributed by atoms with E-state index < -0.39 is 0 Å². The van der Waals surface area contributed by atoms with Gasteiger partial charge in [0.1, 0.15) is 12.2 Å². The Morgan fingerprint density at radius 3 is 2.72 bits per heavy atom. The van der Waals surface area contributed by atoms with E-state index in [1.54, 1.807) is 6.33 Å². The quantitative estimate of drug-likeness (QED) is 0.878. The lowest BCUT2D eigenvalue weighted by molar-refractivity contribution is 0.170. The van der Waals surface area contributed by atoms with E-state index in [2.05, 4.69) is 39.1 Å². The highest BCUT2D eigenvalue weighted by Crippen LogP contribution is 2.21. The molecular weight excluding hydrogens is 314 g/mol. The van der Waals surface area contributed by atoms with Crippen LogP contribution in [-0.4, -0.2) is 45.3 Å². The van der Waals surface area contributed by atoms with E-state index in [0.29, 0.717) is 12.5 Å². The van der Waals surface area contributed by atoms with Gasteiger partial charge in [0.25, 0.3) is 0 Å². The normalized spacial score (nSPS) is 15.3. The van der Waals surface area contributed by atoms with Gasteiger partial charge < -0.3 is 14.8 Å². The zero-order valence-corrected chi connectivity index (χ0v) is 14.9. The van der Waals surface area contributed by atoms with Crippen LogP contribution in [0.25, 0.3) is 0 Å². The second-order valence-electron chi connectivity index (χ2n) is 6.64. The van der Waals surface area contributed by atoms with Gasteiger partial charge in [-0.05, 0) is 37.7 Å². The minimum Gasteiger partial charge on any atom is -0.338 e. The van der Waals surface area contributed by atoms with Crippen molar-refractivity contribution >= 4 is 6.03 Å². The average molecular weight is 341 g/mol. The number of carbonyl (C=O) groups excluding carboxylic acids is 1. The summed E-state index contributed by atoms with van der Waals surface area (Å²) in [5, 5.41) is 11.3. The van der Waals surface area contributed by atoms with Gasteiger partial charge in [0, 0.05) is 32.6 Å². The number of likely N-dealkylation sites (tertiary alicyclic amines) is 1. The highest BCUT2D eigenvalue weighted by molar-refractivity contribution is 5.74. The number of aryl methyl sites for hydroxylation is 1. The van der Waals surface area contributed by atoms with E-state index in [1.165, 1.54) is 5.56 Å². The third-order valence-corrected chi connectivity index (χ3v) is 4.94. The summed E-state index contributed by atoms with van der Waals surface area (Å²) in [5.74, 6) is 1.65. The molecule has 0 aliphatic carbocycles. The first kappa shape index (κ1) is 17.5. The van der Waals surface area contributed by atoms with E-state index in [-0.39, 0.29) is 6.03 Å². The number of hydrogen-bond donors (Lipinski definition) is 1. The molecule has 1 aromatic heterocycles. The summed E-state index contributed by atoms with van der Waals surface area (Å²) in [6.45, 7) is 5.34. The molecule has 6 heteroatoms. The Morgan fingerprint density at radius 2 is 2.00 bits per heavy atom. The van der Waals surface area contributed by atoms with Crippen LogP contribution in [-0.2, 0) is 19.4 Å². The highest BCUT2D eigenvalue weighted by atomic mass is 16.2. The molecule has 2 amide bonds. The van der Waals surface area contributed by atoms with Crippen LogP contribution in [0.2, 0.25) is 0 Å². The second kappa shape index (κ2) is 8.65. The Balaban J connectivity index is 1.39. The van der Waals surface area contributed by atoms with Gasteiger partial charge in [0.05, 0.1) is 0 Å². The van der Waals surface area contributed by atoms with Gasteiger partial charge in [0.15, 0.2) is 0 Å². The van der Waals surface area contributed by atoms with Gasteiger partial charge in [-0.2, -0.15) is 0 Å². The van der Waals surface area contributed by atoms with Gasteiger partial charge in [-0.3, -0.25) is 0 Å². The zero-order chi connectivity index (χ0) is 17.5. The number of amides is 2. The number of nitrogens with zero attached hydrogens (tertiary/aromatic N) is 4. The van der Waals surface area contributed by atoms with E-state index in [1.807, 2.05) is 23.1 Å². The van der Waals surface area contributed by atoms with Crippen molar-refractivity contribution in [3.05, 3.63) is 48.0 Å². The highest BCUT2D eigenvalue weighted by Gasteiger charge is 2.23. The zero-order valence-electron chi connectivity index (χ0n) is 14.9. The maximum atomic E-state index is 12.3. The number of carbonyl (C=O) groups is 1. The SMILES string of the molecule is CCn1cnnc1CC1CCN(C(=O)NCCc2ccccc2)CC1. The van der Waals surface area contributed by atoms with Crippen LogP contribution in [0.15, 0.2) is 36.7 Å². The molecule has 1 aliphatic rings. The summed E-state index contributed by atoms with van der Waals surface area (Å²) in [6.07, 6.45) is 5.68. The molecule has 0 spiro atoms. The Bertz CT molecular complexity index is 661. The average Bonchev–Trinajstić information content (AvgIpc) is 3.10. The van der Waals surface area contributed by atoms with Crippen LogP contribution < -0.4 is 5.32 Å². The molecule has 0 saturated carbocycles. The number of rotatable bonds is 6. The Kier molecular flexibility index (Phi) is 6.04. The molecule has 134 valence electrons. The molecule has 1 fully saturated rings. The maximum Gasteiger partial charge on any atom is 0.317 e. The van der Waals surface area contributed by atoms with Gasteiger partial charge in [-0.25, -0.2) is 4.79 Å². The van der Waals surface area contributed by atoms with Gasteiger partial charge in [0.2, 0.25) is 0 Å². The lowest BCUT2D eigenvalue weighted by Crippen LogP contribution is -2.45. The van der Waals surface area contributed by atoms with Gasteiger partial charge in [-0.1, -0.05) is 30.3 Å². The van der Waals surface area contributed by atoms with Crippen molar-refractivity contribution in [1.29, 1.82) is 0 Å². The maximum absolute atomic E-state index is 12.3. The smallest absolute Gasteiger partial charge is 0.317 e. The first-order valence-electron chi connectivity index (χ1n) is 9.19. The summed E-state index contributed by atoms with van der Waals surface area (Å²) < 4.78 is 2.10. The van der Waals surface area contributed by atoms with E-state index in [4.69, 9.17) is 0 Å². The number of hydrogen-bond acceptors (Lipinski definition) is 3. The number of urea groups is 1. The van der Waals surface area contributed by atoms with Crippen LogP contribution in [0.3, 0.4) is 0 Å². The predicted molar refractivity (Wildman–Crippen MR) is 97.2 cm³/mol. The lowest BCUT2D eigenvalue weighted by Gasteiger charge is -2.31. The molecule has 0 radical (unpaired) electrons. The molecule has 6 nitrogen and oxygen atoms in total. The Labute approximate surface area is 149 Å². The van der Waals surface area contributed by atoms with Crippen LogP contribution in [0.1, 0.15) is 31.2 Å². The fourth-order valence-corrected chi connectivity index (χ4v) is 3.37. The van der Waals surface area contributed by atoms with Crippen molar-refractivity contribution in [2.75, 3.05) is 19.6 Å². The Hall–Kier alpha value is -2.37. The number of piperidine rings is 1. The van der Waals surface area contributed by atoms with Crippen LogP contribution in [0, 0.1) is 5.92 Å². The van der Waals surface area contributed by atoms with E-state index >= 15 is 0 Å². The molecule has 0 atom stereocenters. The predicted octanol–water partition coefficient (Wildman–Crippen LogP) is 2.50. The largest absolute Gasteiger partial charge is 0.338 e. The van der Waals surface area contributed by atoms with Crippen LogP contribution in [0.4, 0.5) is 4.79 Å². The second-order valence-corrected chi connectivity index (χ2v) is 6.64. The summed E-state index contributed by atoms with van der Waals surface area (Å²) >= 11 is 0. The van der Waals surface area contributed by atoms with Crippen molar-refractivity contribution in [2.24, 2.45) is 5.92 Å². The van der Waals surface area contributed by atoms with Crippen molar-refractivity contribution < 1.29 is 4.79 Å². The third kappa shape index (κ3) is 4.81. The molecular formula is C19H27N5O. The van der Waals surface area contributed by atoms with Crippen molar-refractivity contribution in [2.45, 2.75) is 39.2 Å². The molecule has 3 rings (SSSR count). The molecule has 0 bridgehead atoms. The van der Waals surface area contributed by atoms with Crippen molar-refractivity contribution in [1.82, 2.24) is 25.0 Å². The topological polar surface area (TPSA) is 63.1 Å². The minimum atomic E-state index is 0.0612. The van der Waals surface area contributed by atoms with Crippen molar-refractivity contribution in [3.8, 4) is 0 Å². The van der Waals surface area contributed by atoms with E-state index in [9.17, 15) is 4.79 Å². The number of aromatic nitrogens is 3. The first-order chi connectivity index (χ1) is 12.3. The first-order valence-corrected chi connectivity index (χ1v) is 9.19. The fourth-order valence-electron chi connectivity index (χ4n) is 3.37. The summed E-state index contributed by atoms with van der Waals surface area (Å²) in [5.41, 5.74) is 1.25. The van der Waals surface area contributed by atoms with E-state index in [0.717, 1.165) is 51.1 Å². The van der Waals surface area contributed by atoms with Crippen LogP contribution >= 0.6 is 0 Å². The molecule has 1 aromatic carbocycles. The summed E-state index contributed by atoms with van der Waals surface area (Å²) in [7, 11) is 0. The van der Waals surface area contributed by atoms with Gasteiger partial charge in [-0.15, -0.1) is 10.2 Å². The molecule has 1 aliphatic heterocycles. The van der Waals surface area contributed by atoms with Crippen LogP contribution in [0.5, 0.6) is 0 Å². The summed E-state index contributed by atoms with van der Waals surface area (Å²) in [6, 6.07) is 10.3. The summed E-state index contributed by atoms with van der Waals surface area (Å²) in [4.78, 5) is 14.2. The van der Waals surface area contributed by atoms with Gasteiger partial charge >= 0.3 is 6.03 Å². The number of benzene rings is 1. The third-order valence-electron chi connectivity index (χ3n) is 4.94. The molecule has 1 saturated heterocycles. The molecule has 1 N–H and O–H groups in total. The molecule has 2 heterocycles. The fraction of sp³-hybridized carbons (Fsp3) is 0.526. The monoisotopic (exact) mass is 341 g/mol. The number of nitrogens with one attached hydrogen (secondary N) is 1. The Morgan fingerprint density at radius 1 is 1.24 bits per heavy atom. The molecule has 0 unspecified atom stereocenters. The minimum absolute atomic E-state index is 0.0612. The lowest BCUT2D eigenvalue weighted by atomic mass is 9.93. The molecule has 2 aromatic rings. The van der Waals surface area contributed by atoms with Crippen molar-refractivity contribution in [3.63, 3.8) is 0 Å². The standard InChI is InChI=1S/C19H27N5O/c1-2-23-15-21-22-18(23)14-17-9-12-24(13-10-17)19(25)20-11-8-16-6-4-3-5-7-16/h3-7,15,17H,2,8-14H2,1H3,(H,20,25).